The summed E-state index contributed by atoms with van der Waals surface area (Å²) in [6.07, 6.45) is 2.84. The Hall–Kier alpha value is -3.74. The lowest BCUT2D eigenvalue weighted by atomic mass is 9.89. The van der Waals surface area contributed by atoms with Gasteiger partial charge in [0.1, 0.15) is 17.1 Å². The van der Waals surface area contributed by atoms with E-state index in [9.17, 15) is 19.8 Å². The fraction of sp³-hybridized carbons (Fsp3) is 0.250. The molecule has 5 rings (SSSR count). The topological polar surface area (TPSA) is 110 Å². The zero-order valence-electron chi connectivity index (χ0n) is 16.9. The van der Waals surface area contributed by atoms with Gasteiger partial charge in [0.2, 0.25) is 0 Å². The second-order valence-electron chi connectivity index (χ2n) is 7.74. The maximum absolute atomic E-state index is 12.7. The number of hydrogen-bond acceptors (Lipinski definition) is 6. The van der Waals surface area contributed by atoms with Crippen molar-refractivity contribution in [1.82, 2.24) is 0 Å². The van der Waals surface area contributed by atoms with Crippen LogP contribution in [0.15, 0.2) is 44.0 Å². The molecule has 2 heterocycles. The third-order valence-electron chi connectivity index (χ3n) is 5.91. The number of carboxylic acids is 1. The van der Waals surface area contributed by atoms with Gasteiger partial charge in [0, 0.05) is 22.1 Å². The summed E-state index contributed by atoms with van der Waals surface area (Å²) < 4.78 is 16.9. The van der Waals surface area contributed by atoms with E-state index in [4.69, 9.17) is 13.6 Å². The number of rotatable bonds is 4. The molecule has 0 radical (unpaired) electrons. The van der Waals surface area contributed by atoms with Crippen LogP contribution in [0.3, 0.4) is 0 Å². The van der Waals surface area contributed by atoms with Crippen LogP contribution in [0.25, 0.3) is 33.3 Å². The molecule has 7 heteroatoms. The van der Waals surface area contributed by atoms with Crippen molar-refractivity contribution in [1.29, 1.82) is 0 Å². The van der Waals surface area contributed by atoms with Crippen LogP contribution in [0.4, 0.5) is 0 Å². The van der Waals surface area contributed by atoms with Gasteiger partial charge in [0.05, 0.1) is 18.9 Å². The van der Waals surface area contributed by atoms with E-state index in [2.05, 4.69) is 0 Å². The first-order valence-corrected chi connectivity index (χ1v) is 10.1. The molecule has 158 valence electrons. The number of aliphatic carboxylic acids is 1. The summed E-state index contributed by atoms with van der Waals surface area (Å²) in [6.45, 7) is 0. The average molecular weight is 420 g/mol. The molecule has 2 N–H and O–H groups in total. The highest BCUT2D eigenvalue weighted by Gasteiger charge is 2.27. The lowest BCUT2D eigenvalue weighted by Crippen LogP contribution is -2.16. The number of carbonyl (C=O) groups is 1. The number of furan rings is 1. The zero-order chi connectivity index (χ0) is 21.7. The molecule has 0 atom stereocenters. The summed E-state index contributed by atoms with van der Waals surface area (Å²) in [6, 6.07) is 8.53. The standard InChI is InChI=1S/C24H20O7/c1-29-13-8-6-12(7-9-13)21-17(11-19(26)27)20-22-16(10-18(25)23(20)30-21)14-4-2-3-5-15(14)24(28)31-22/h6-10,25H,2-5,11H2,1H3,(H,26,27). The lowest BCUT2D eigenvalue weighted by molar-refractivity contribution is -0.136. The summed E-state index contributed by atoms with van der Waals surface area (Å²) in [7, 11) is 1.55. The van der Waals surface area contributed by atoms with Crippen molar-refractivity contribution < 1.29 is 28.6 Å². The van der Waals surface area contributed by atoms with Crippen LogP contribution in [0.5, 0.6) is 11.5 Å². The maximum atomic E-state index is 12.7. The molecule has 0 unspecified atom stereocenters. The first-order chi connectivity index (χ1) is 15.0. The highest BCUT2D eigenvalue weighted by Crippen LogP contribution is 2.43. The maximum Gasteiger partial charge on any atom is 0.339 e. The molecule has 31 heavy (non-hydrogen) atoms. The summed E-state index contributed by atoms with van der Waals surface area (Å²) in [5.41, 5.74) is 2.43. The van der Waals surface area contributed by atoms with Gasteiger partial charge < -0.3 is 23.8 Å². The van der Waals surface area contributed by atoms with Crippen molar-refractivity contribution in [2.45, 2.75) is 32.1 Å². The third-order valence-corrected chi connectivity index (χ3v) is 5.91. The van der Waals surface area contributed by atoms with Crippen LogP contribution in [0.1, 0.15) is 29.5 Å². The Morgan fingerprint density at radius 3 is 2.45 bits per heavy atom. The molecule has 0 spiro atoms. The van der Waals surface area contributed by atoms with Crippen LogP contribution in [-0.2, 0) is 24.1 Å². The number of ether oxygens (including phenoxy) is 1. The Bertz CT molecular complexity index is 1390. The van der Waals surface area contributed by atoms with Gasteiger partial charge in [0.15, 0.2) is 11.3 Å². The highest BCUT2D eigenvalue weighted by atomic mass is 16.5. The number of carboxylic acid groups (broad SMARTS) is 1. The van der Waals surface area contributed by atoms with E-state index >= 15 is 0 Å². The number of fused-ring (bicyclic) bond motifs is 5. The first-order valence-electron chi connectivity index (χ1n) is 10.1. The van der Waals surface area contributed by atoms with Crippen LogP contribution in [0.2, 0.25) is 0 Å². The fourth-order valence-corrected chi connectivity index (χ4v) is 4.50. The van der Waals surface area contributed by atoms with Crippen LogP contribution in [0, 0.1) is 0 Å². The van der Waals surface area contributed by atoms with Crippen molar-refractivity contribution in [3.63, 3.8) is 0 Å². The van der Waals surface area contributed by atoms with E-state index in [1.165, 1.54) is 0 Å². The number of phenolic OH excluding ortho intramolecular Hbond substituents is 1. The first kappa shape index (κ1) is 19.2. The Balaban J connectivity index is 1.88. The van der Waals surface area contributed by atoms with Crippen LogP contribution >= 0.6 is 0 Å². The molecule has 0 amide bonds. The monoisotopic (exact) mass is 420 g/mol. The van der Waals surface area contributed by atoms with E-state index in [1.807, 2.05) is 0 Å². The number of aryl methyl sites for hydroxylation is 1. The summed E-state index contributed by atoms with van der Waals surface area (Å²) >= 11 is 0. The number of methoxy groups -OCH3 is 1. The van der Waals surface area contributed by atoms with E-state index in [-0.39, 0.29) is 23.3 Å². The molecule has 0 fully saturated rings. The van der Waals surface area contributed by atoms with Gasteiger partial charge in [-0.2, -0.15) is 0 Å². The largest absolute Gasteiger partial charge is 0.504 e. The van der Waals surface area contributed by atoms with Crippen molar-refractivity contribution >= 4 is 27.9 Å². The predicted octanol–water partition coefficient (Wildman–Crippen LogP) is 4.43. The minimum Gasteiger partial charge on any atom is -0.504 e. The van der Waals surface area contributed by atoms with Crippen molar-refractivity contribution in [2.24, 2.45) is 0 Å². The average Bonchev–Trinajstić information content (AvgIpc) is 3.14. The van der Waals surface area contributed by atoms with Gasteiger partial charge in [-0.1, -0.05) is 0 Å². The minimum absolute atomic E-state index is 0.105. The molecule has 1 aliphatic carbocycles. The number of aromatic hydroxyl groups is 1. The quantitative estimate of drug-likeness (QED) is 0.470. The van der Waals surface area contributed by atoms with Crippen LogP contribution < -0.4 is 10.4 Å². The van der Waals surface area contributed by atoms with Gasteiger partial charge in [0.25, 0.3) is 0 Å². The predicted molar refractivity (Wildman–Crippen MR) is 114 cm³/mol. The van der Waals surface area contributed by atoms with Crippen LogP contribution in [-0.4, -0.2) is 23.3 Å². The second-order valence-corrected chi connectivity index (χ2v) is 7.74. The molecular weight excluding hydrogens is 400 g/mol. The van der Waals surface area contributed by atoms with Gasteiger partial charge in [-0.15, -0.1) is 0 Å². The fourth-order valence-electron chi connectivity index (χ4n) is 4.50. The normalized spacial score (nSPS) is 13.5. The highest BCUT2D eigenvalue weighted by molar-refractivity contribution is 6.10. The Morgan fingerprint density at radius 1 is 1.06 bits per heavy atom. The van der Waals surface area contributed by atoms with Crippen molar-refractivity contribution in [2.75, 3.05) is 7.11 Å². The molecule has 1 aliphatic rings. The molecule has 0 saturated carbocycles. The number of hydrogen-bond donors (Lipinski definition) is 2. The van der Waals surface area contributed by atoms with Crippen molar-refractivity contribution in [3.05, 3.63) is 57.4 Å². The SMILES string of the molecule is COc1ccc(-c2oc3c(O)cc4c5c(c(=O)oc4c3c2CC(=O)O)CCCC5)cc1. The lowest BCUT2D eigenvalue weighted by Gasteiger charge is -2.16. The smallest absolute Gasteiger partial charge is 0.339 e. The number of benzene rings is 2. The molecule has 0 saturated heterocycles. The minimum atomic E-state index is -1.06. The summed E-state index contributed by atoms with van der Waals surface area (Å²) in [4.78, 5) is 24.4. The Kier molecular flexibility index (Phi) is 4.46. The van der Waals surface area contributed by atoms with E-state index in [0.717, 1.165) is 18.4 Å². The van der Waals surface area contributed by atoms with Gasteiger partial charge in [-0.3, -0.25) is 4.79 Å². The molecule has 2 aromatic carbocycles. The molecule has 0 bridgehead atoms. The van der Waals surface area contributed by atoms with Crippen molar-refractivity contribution in [3.8, 4) is 22.8 Å². The van der Waals surface area contributed by atoms with E-state index < -0.39 is 11.6 Å². The molecule has 4 aromatic rings. The van der Waals surface area contributed by atoms with E-state index in [1.54, 1.807) is 37.4 Å². The summed E-state index contributed by atoms with van der Waals surface area (Å²) in [5.74, 6) is -0.224. The third kappa shape index (κ3) is 3.04. The molecule has 0 aliphatic heterocycles. The van der Waals surface area contributed by atoms with Gasteiger partial charge >= 0.3 is 11.6 Å². The Labute approximate surface area is 176 Å². The molecule has 2 aromatic heterocycles. The zero-order valence-corrected chi connectivity index (χ0v) is 16.9. The Morgan fingerprint density at radius 2 is 1.77 bits per heavy atom. The second kappa shape index (κ2) is 7.19. The summed E-state index contributed by atoms with van der Waals surface area (Å²) in [5, 5.41) is 21.3. The van der Waals surface area contributed by atoms with E-state index in [0.29, 0.717) is 51.8 Å². The molecular formula is C24H20O7. The van der Waals surface area contributed by atoms with Gasteiger partial charge in [-0.05, 0) is 61.6 Å². The van der Waals surface area contributed by atoms with Gasteiger partial charge in [-0.25, -0.2) is 4.79 Å². The molecule has 7 nitrogen and oxygen atoms in total. The number of phenols is 1.